The molecule has 21 heavy (non-hydrogen) atoms. The van der Waals surface area contributed by atoms with Gasteiger partial charge in [0.25, 0.3) is 0 Å². The predicted octanol–water partition coefficient (Wildman–Crippen LogP) is 0.800. The number of nitrogens with zero attached hydrogens (tertiary/aromatic N) is 5. The van der Waals surface area contributed by atoms with E-state index in [0.717, 1.165) is 31.9 Å². The van der Waals surface area contributed by atoms with Crippen LogP contribution in [0.25, 0.3) is 0 Å². The molecule has 1 aliphatic heterocycles. The van der Waals surface area contributed by atoms with Gasteiger partial charge in [0.2, 0.25) is 5.95 Å². The minimum absolute atomic E-state index is 0.00933. The fourth-order valence-corrected chi connectivity index (χ4v) is 2.45. The van der Waals surface area contributed by atoms with E-state index in [9.17, 15) is 0 Å². The fraction of sp³-hybridized carbons (Fsp3) is 0.643. The van der Waals surface area contributed by atoms with Gasteiger partial charge in [0.15, 0.2) is 5.84 Å². The summed E-state index contributed by atoms with van der Waals surface area (Å²) < 4.78 is 0. The van der Waals surface area contributed by atoms with Crippen molar-refractivity contribution in [2.75, 3.05) is 31.1 Å². The molecule has 0 aromatic carbocycles. The molecule has 1 aliphatic rings. The van der Waals surface area contributed by atoms with Crippen LogP contribution in [0.2, 0.25) is 0 Å². The number of rotatable bonds is 2. The standard InChI is InChI=1S/C14H24N6O/c1-10-9-11(12(15)18-21)17-13(16-10)19-5-7-20(8-6-19)14(2,3)4/h9,21H,5-8H2,1-4H3,(H2,15,18). The Morgan fingerprint density at radius 1 is 1.24 bits per heavy atom. The first-order chi connectivity index (χ1) is 9.81. The fourth-order valence-electron chi connectivity index (χ4n) is 2.45. The molecule has 1 aromatic heterocycles. The number of amidine groups is 1. The highest BCUT2D eigenvalue weighted by Crippen LogP contribution is 2.18. The lowest BCUT2D eigenvalue weighted by atomic mass is 10.1. The largest absolute Gasteiger partial charge is 0.409 e. The van der Waals surface area contributed by atoms with Gasteiger partial charge in [0.1, 0.15) is 5.69 Å². The summed E-state index contributed by atoms with van der Waals surface area (Å²) in [4.78, 5) is 13.5. The topological polar surface area (TPSA) is 90.9 Å². The quantitative estimate of drug-likeness (QED) is 0.363. The van der Waals surface area contributed by atoms with Gasteiger partial charge < -0.3 is 15.8 Å². The van der Waals surface area contributed by atoms with E-state index >= 15 is 0 Å². The number of aryl methyl sites for hydroxylation is 1. The maximum atomic E-state index is 8.79. The average Bonchev–Trinajstić information content (AvgIpc) is 2.45. The SMILES string of the molecule is Cc1cc(/C(N)=N/O)nc(N2CCN(C(C)(C)C)CC2)n1. The second-order valence-corrected chi connectivity index (χ2v) is 6.32. The summed E-state index contributed by atoms with van der Waals surface area (Å²) in [5, 5.41) is 11.8. The molecule has 0 atom stereocenters. The summed E-state index contributed by atoms with van der Waals surface area (Å²) in [5.41, 5.74) is 7.07. The van der Waals surface area contributed by atoms with Crippen LogP contribution in [0.1, 0.15) is 32.2 Å². The van der Waals surface area contributed by atoms with Crippen LogP contribution in [0.3, 0.4) is 0 Å². The van der Waals surface area contributed by atoms with E-state index in [-0.39, 0.29) is 11.4 Å². The molecule has 0 amide bonds. The molecule has 0 spiro atoms. The number of anilines is 1. The van der Waals surface area contributed by atoms with Crippen molar-refractivity contribution in [2.24, 2.45) is 10.9 Å². The lowest BCUT2D eigenvalue weighted by Gasteiger charge is -2.42. The molecule has 0 radical (unpaired) electrons. The molecule has 1 saturated heterocycles. The molecule has 0 unspecified atom stereocenters. The van der Waals surface area contributed by atoms with Crippen molar-refractivity contribution in [2.45, 2.75) is 33.2 Å². The maximum Gasteiger partial charge on any atom is 0.226 e. The highest BCUT2D eigenvalue weighted by Gasteiger charge is 2.27. The van der Waals surface area contributed by atoms with Crippen LogP contribution in [0.4, 0.5) is 5.95 Å². The van der Waals surface area contributed by atoms with Crippen molar-refractivity contribution >= 4 is 11.8 Å². The van der Waals surface area contributed by atoms with Crippen LogP contribution in [0.15, 0.2) is 11.2 Å². The summed E-state index contributed by atoms with van der Waals surface area (Å²) in [6, 6.07) is 1.71. The molecule has 1 aromatic rings. The van der Waals surface area contributed by atoms with Gasteiger partial charge in [-0.1, -0.05) is 5.16 Å². The van der Waals surface area contributed by atoms with Crippen LogP contribution in [-0.4, -0.2) is 57.6 Å². The Kier molecular flexibility index (Phi) is 4.32. The molecular formula is C14H24N6O. The van der Waals surface area contributed by atoms with Crippen LogP contribution < -0.4 is 10.6 Å². The van der Waals surface area contributed by atoms with E-state index in [1.807, 2.05) is 6.92 Å². The Balaban J connectivity index is 2.15. The Labute approximate surface area is 125 Å². The zero-order valence-electron chi connectivity index (χ0n) is 13.2. The molecule has 1 fully saturated rings. The van der Waals surface area contributed by atoms with Crippen LogP contribution in [0, 0.1) is 6.92 Å². The van der Waals surface area contributed by atoms with Gasteiger partial charge in [-0.2, -0.15) is 0 Å². The maximum absolute atomic E-state index is 8.79. The molecule has 116 valence electrons. The first kappa shape index (κ1) is 15.5. The summed E-state index contributed by atoms with van der Waals surface area (Å²) in [5.74, 6) is 0.653. The molecule has 0 aliphatic carbocycles. The summed E-state index contributed by atoms with van der Waals surface area (Å²) >= 11 is 0. The molecule has 0 saturated carbocycles. The predicted molar refractivity (Wildman–Crippen MR) is 82.8 cm³/mol. The molecule has 7 nitrogen and oxygen atoms in total. The average molecular weight is 292 g/mol. The minimum Gasteiger partial charge on any atom is -0.409 e. The van der Waals surface area contributed by atoms with Crippen molar-refractivity contribution in [1.29, 1.82) is 0 Å². The van der Waals surface area contributed by atoms with Crippen molar-refractivity contribution in [3.63, 3.8) is 0 Å². The molecule has 2 rings (SSSR count). The smallest absolute Gasteiger partial charge is 0.226 e. The van der Waals surface area contributed by atoms with Crippen LogP contribution >= 0.6 is 0 Å². The Bertz CT molecular complexity index is 529. The van der Waals surface area contributed by atoms with Crippen molar-refractivity contribution < 1.29 is 5.21 Å². The van der Waals surface area contributed by atoms with Gasteiger partial charge >= 0.3 is 0 Å². The summed E-state index contributed by atoms with van der Waals surface area (Å²) in [6.07, 6.45) is 0. The van der Waals surface area contributed by atoms with E-state index in [4.69, 9.17) is 10.9 Å². The van der Waals surface area contributed by atoms with Gasteiger partial charge in [-0.25, -0.2) is 9.97 Å². The Morgan fingerprint density at radius 3 is 2.38 bits per heavy atom. The van der Waals surface area contributed by atoms with E-state index in [0.29, 0.717) is 11.6 Å². The third kappa shape index (κ3) is 3.60. The van der Waals surface area contributed by atoms with E-state index < -0.39 is 0 Å². The lowest BCUT2D eigenvalue weighted by molar-refractivity contribution is 0.128. The van der Waals surface area contributed by atoms with E-state index in [2.05, 4.69) is 45.7 Å². The number of aromatic nitrogens is 2. The Morgan fingerprint density at radius 2 is 1.86 bits per heavy atom. The molecular weight excluding hydrogens is 268 g/mol. The highest BCUT2D eigenvalue weighted by atomic mass is 16.4. The zero-order valence-corrected chi connectivity index (χ0v) is 13.2. The van der Waals surface area contributed by atoms with Gasteiger partial charge in [-0.3, -0.25) is 4.90 Å². The third-order valence-corrected chi connectivity index (χ3v) is 3.72. The Hall–Kier alpha value is -1.89. The number of hydrogen-bond acceptors (Lipinski definition) is 6. The zero-order chi connectivity index (χ0) is 15.6. The van der Waals surface area contributed by atoms with Crippen molar-refractivity contribution in [1.82, 2.24) is 14.9 Å². The highest BCUT2D eigenvalue weighted by molar-refractivity contribution is 5.95. The normalized spacial score (nSPS) is 18.1. The van der Waals surface area contributed by atoms with Crippen LogP contribution in [0.5, 0.6) is 0 Å². The number of piperazine rings is 1. The van der Waals surface area contributed by atoms with E-state index in [1.165, 1.54) is 0 Å². The summed E-state index contributed by atoms with van der Waals surface area (Å²) in [6.45, 7) is 12.2. The second-order valence-electron chi connectivity index (χ2n) is 6.32. The number of hydrogen-bond donors (Lipinski definition) is 2. The van der Waals surface area contributed by atoms with Gasteiger partial charge in [-0.15, -0.1) is 0 Å². The second kappa shape index (κ2) is 5.85. The number of oxime groups is 1. The first-order valence-electron chi connectivity index (χ1n) is 7.15. The van der Waals surface area contributed by atoms with Gasteiger partial charge in [0, 0.05) is 37.4 Å². The molecule has 2 heterocycles. The lowest BCUT2D eigenvalue weighted by Crippen LogP contribution is -2.53. The van der Waals surface area contributed by atoms with Gasteiger partial charge in [-0.05, 0) is 33.8 Å². The monoisotopic (exact) mass is 292 g/mol. The van der Waals surface area contributed by atoms with Crippen molar-refractivity contribution in [3.8, 4) is 0 Å². The van der Waals surface area contributed by atoms with E-state index in [1.54, 1.807) is 6.07 Å². The van der Waals surface area contributed by atoms with Crippen LogP contribution in [-0.2, 0) is 0 Å². The van der Waals surface area contributed by atoms with Gasteiger partial charge in [0.05, 0.1) is 0 Å². The molecule has 3 N–H and O–H groups in total. The summed E-state index contributed by atoms with van der Waals surface area (Å²) in [7, 11) is 0. The first-order valence-corrected chi connectivity index (χ1v) is 7.15. The molecule has 0 bridgehead atoms. The number of nitrogens with two attached hydrogens (primary N) is 1. The van der Waals surface area contributed by atoms with Crippen molar-refractivity contribution in [3.05, 3.63) is 17.5 Å². The minimum atomic E-state index is 0.00933. The third-order valence-electron chi connectivity index (χ3n) is 3.72. The molecule has 7 heteroatoms.